The predicted octanol–water partition coefficient (Wildman–Crippen LogP) is 3.14. The van der Waals surface area contributed by atoms with Crippen LogP contribution in [0.25, 0.3) is 11.0 Å². The number of benzene rings is 1. The van der Waals surface area contributed by atoms with Crippen LogP contribution in [-0.4, -0.2) is 14.9 Å². The molecular formula is C16H18N2O2. The Hall–Kier alpha value is -2.07. The molecule has 3 rings (SSSR count). The molecule has 0 aliphatic carbocycles. The van der Waals surface area contributed by atoms with Gasteiger partial charge in [-0.1, -0.05) is 18.2 Å². The Morgan fingerprint density at radius 3 is 2.90 bits per heavy atom. The van der Waals surface area contributed by atoms with Crippen LogP contribution < -0.4 is 0 Å². The van der Waals surface area contributed by atoms with Crippen molar-refractivity contribution in [3.05, 3.63) is 53.5 Å². The highest BCUT2D eigenvalue weighted by molar-refractivity contribution is 5.82. The number of aryl methyl sites for hydroxylation is 3. The molecule has 1 unspecified atom stereocenters. The molecule has 20 heavy (non-hydrogen) atoms. The molecule has 4 nitrogen and oxygen atoms in total. The molecule has 1 atom stereocenters. The van der Waals surface area contributed by atoms with E-state index in [9.17, 15) is 5.11 Å². The molecule has 2 heterocycles. The highest BCUT2D eigenvalue weighted by Crippen LogP contribution is 2.32. The summed E-state index contributed by atoms with van der Waals surface area (Å²) in [5.74, 6) is 0.796. The fourth-order valence-corrected chi connectivity index (χ4v) is 2.65. The van der Waals surface area contributed by atoms with Gasteiger partial charge in [-0.15, -0.1) is 0 Å². The number of nitrogens with zero attached hydrogens (tertiary/aromatic N) is 2. The van der Waals surface area contributed by atoms with E-state index < -0.39 is 6.10 Å². The second-order valence-corrected chi connectivity index (χ2v) is 5.14. The minimum Gasteiger partial charge on any atom is -0.461 e. The largest absolute Gasteiger partial charge is 0.461 e. The summed E-state index contributed by atoms with van der Waals surface area (Å²) in [5, 5.41) is 15.6. The Morgan fingerprint density at radius 1 is 1.35 bits per heavy atom. The summed E-state index contributed by atoms with van der Waals surface area (Å²) in [7, 11) is 1.90. The zero-order valence-electron chi connectivity index (χ0n) is 11.7. The van der Waals surface area contributed by atoms with Crippen molar-refractivity contribution in [1.29, 1.82) is 0 Å². The third-order valence-electron chi connectivity index (χ3n) is 3.62. The Bertz CT molecular complexity index is 727. The number of aromatic nitrogens is 2. The molecule has 0 spiro atoms. The molecule has 0 radical (unpaired) electrons. The fourth-order valence-electron chi connectivity index (χ4n) is 2.65. The lowest BCUT2D eigenvalue weighted by molar-refractivity contribution is 0.167. The van der Waals surface area contributed by atoms with Crippen LogP contribution in [-0.2, 0) is 13.5 Å². The zero-order chi connectivity index (χ0) is 14.1. The predicted molar refractivity (Wildman–Crippen MR) is 77.4 cm³/mol. The molecular weight excluding hydrogens is 252 g/mol. The second-order valence-electron chi connectivity index (χ2n) is 5.14. The lowest BCUT2D eigenvalue weighted by Crippen LogP contribution is -2.00. The highest BCUT2D eigenvalue weighted by Gasteiger charge is 2.18. The van der Waals surface area contributed by atoms with Crippen molar-refractivity contribution in [2.75, 3.05) is 0 Å². The maximum atomic E-state index is 10.5. The number of aliphatic hydroxyl groups is 1. The maximum absolute atomic E-state index is 10.5. The van der Waals surface area contributed by atoms with E-state index in [1.165, 1.54) is 0 Å². The van der Waals surface area contributed by atoms with Crippen molar-refractivity contribution >= 4 is 11.0 Å². The smallest absolute Gasteiger partial charge is 0.134 e. The van der Waals surface area contributed by atoms with E-state index in [4.69, 9.17) is 4.42 Å². The lowest BCUT2D eigenvalue weighted by Gasteiger charge is -2.09. The van der Waals surface area contributed by atoms with Gasteiger partial charge in [-0.2, -0.15) is 5.10 Å². The number of aliphatic hydroxyl groups excluding tert-OH is 1. The molecule has 3 aromatic rings. The first-order chi connectivity index (χ1) is 9.65. The SMILES string of the molecule is Cc1oc2ccccc2c1C(O)CCc1cnn(C)c1. The van der Waals surface area contributed by atoms with E-state index in [2.05, 4.69) is 5.10 Å². The molecule has 0 fully saturated rings. The molecule has 0 saturated heterocycles. The van der Waals surface area contributed by atoms with Gasteiger partial charge < -0.3 is 9.52 Å². The molecule has 0 aliphatic heterocycles. The van der Waals surface area contributed by atoms with Gasteiger partial charge in [0.05, 0.1) is 12.3 Å². The summed E-state index contributed by atoms with van der Waals surface area (Å²) in [6.45, 7) is 1.91. The molecule has 104 valence electrons. The van der Waals surface area contributed by atoms with Gasteiger partial charge in [0.25, 0.3) is 0 Å². The van der Waals surface area contributed by atoms with E-state index in [0.29, 0.717) is 6.42 Å². The van der Waals surface area contributed by atoms with E-state index in [1.807, 2.05) is 50.6 Å². The van der Waals surface area contributed by atoms with Crippen LogP contribution in [0.15, 0.2) is 41.1 Å². The van der Waals surface area contributed by atoms with Crippen LogP contribution >= 0.6 is 0 Å². The molecule has 0 saturated carbocycles. The maximum Gasteiger partial charge on any atom is 0.134 e. The standard InChI is InChI=1S/C16H18N2O2/c1-11-16(13-5-3-4-6-15(13)20-11)14(19)8-7-12-9-17-18(2)10-12/h3-6,9-10,14,19H,7-8H2,1-2H3. The van der Waals surface area contributed by atoms with Gasteiger partial charge in [-0.25, -0.2) is 0 Å². The Kier molecular flexibility index (Phi) is 3.32. The molecule has 4 heteroatoms. The van der Waals surface area contributed by atoms with E-state index in [1.54, 1.807) is 4.68 Å². The summed E-state index contributed by atoms with van der Waals surface area (Å²) in [5.41, 5.74) is 2.88. The van der Waals surface area contributed by atoms with Crippen LogP contribution in [0, 0.1) is 6.92 Å². The summed E-state index contributed by atoms with van der Waals surface area (Å²) in [6.07, 6.45) is 4.77. The van der Waals surface area contributed by atoms with Gasteiger partial charge in [-0.3, -0.25) is 4.68 Å². The van der Waals surface area contributed by atoms with E-state index in [0.717, 1.165) is 34.3 Å². The summed E-state index contributed by atoms with van der Waals surface area (Å²) in [4.78, 5) is 0. The monoisotopic (exact) mass is 270 g/mol. The molecule has 2 aromatic heterocycles. The third kappa shape index (κ3) is 2.34. The summed E-state index contributed by atoms with van der Waals surface area (Å²) < 4.78 is 7.48. The second kappa shape index (κ2) is 5.13. The van der Waals surface area contributed by atoms with Crippen LogP contribution in [0.4, 0.5) is 0 Å². The van der Waals surface area contributed by atoms with Crippen LogP contribution in [0.3, 0.4) is 0 Å². The quantitative estimate of drug-likeness (QED) is 0.792. The molecule has 0 amide bonds. The highest BCUT2D eigenvalue weighted by atomic mass is 16.3. The number of para-hydroxylation sites is 1. The number of hydrogen-bond donors (Lipinski definition) is 1. The number of rotatable bonds is 4. The first kappa shape index (κ1) is 12.9. The molecule has 0 aliphatic rings. The average molecular weight is 270 g/mol. The van der Waals surface area contributed by atoms with Crippen molar-refractivity contribution in [1.82, 2.24) is 9.78 Å². The Morgan fingerprint density at radius 2 is 2.15 bits per heavy atom. The van der Waals surface area contributed by atoms with Gasteiger partial charge in [0.1, 0.15) is 11.3 Å². The Balaban J connectivity index is 1.81. The topological polar surface area (TPSA) is 51.2 Å². The first-order valence-corrected chi connectivity index (χ1v) is 6.79. The van der Waals surface area contributed by atoms with Crippen LogP contribution in [0.5, 0.6) is 0 Å². The van der Waals surface area contributed by atoms with E-state index in [-0.39, 0.29) is 0 Å². The van der Waals surface area contributed by atoms with Crippen LogP contribution in [0.1, 0.15) is 29.4 Å². The Labute approximate surface area is 117 Å². The number of fused-ring (bicyclic) bond motifs is 1. The van der Waals surface area contributed by atoms with Gasteiger partial charge in [0.15, 0.2) is 0 Å². The fraction of sp³-hybridized carbons (Fsp3) is 0.312. The van der Waals surface area contributed by atoms with Gasteiger partial charge >= 0.3 is 0 Å². The van der Waals surface area contributed by atoms with Crippen LogP contribution in [0.2, 0.25) is 0 Å². The number of furan rings is 1. The average Bonchev–Trinajstić information content (AvgIpc) is 2.98. The van der Waals surface area contributed by atoms with E-state index >= 15 is 0 Å². The van der Waals surface area contributed by atoms with Crippen molar-refractivity contribution in [3.8, 4) is 0 Å². The third-order valence-corrected chi connectivity index (χ3v) is 3.62. The van der Waals surface area contributed by atoms with Crippen molar-refractivity contribution in [2.24, 2.45) is 7.05 Å². The normalized spacial score (nSPS) is 12.9. The minimum absolute atomic E-state index is 0.515. The summed E-state index contributed by atoms with van der Waals surface area (Å²) >= 11 is 0. The molecule has 0 bridgehead atoms. The van der Waals surface area contributed by atoms with Gasteiger partial charge in [0, 0.05) is 24.2 Å². The van der Waals surface area contributed by atoms with Gasteiger partial charge in [0.2, 0.25) is 0 Å². The number of hydrogen-bond acceptors (Lipinski definition) is 3. The van der Waals surface area contributed by atoms with Crippen molar-refractivity contribution in [3.63, 3.8) is 0 Å². The minimum atomic E-state index is -0.515. The van der Waals surface area contributed by atoms with Gasteiger partial charge in [-0.05, 0) is 31.4 Å². The summed E-state index contributed by atoms with van der Waals surface area (Å²) in [6, 6.07) is 7.83. The van der Waals surface area contributed by atoms with Crippen molar-refractivity contribution in [2.45, 2.75) is 25.9 Å². The lowest BCUT2D eigenvalue weighted by atomic mass is 10.00. The zero-order valence-corrected chi connectivity index (χ0v) is 11.7. The van der Waals surface area contributed by atoms with Crippen molar-refractivity contribution < 1.29 is 9.52 Å². The molecule has 1 N–H and O–H groups in total. The first-order valence-electron chi connectivity index (χ1n) is 6.79. The molecule has 1 aromatic carbocycles.